The zero-order valence-electron chi connectivity index (χ0n) is 13.6. The quantitative estimate of drug-likeness (QED) is 0.533. The molecule has 0 unspecified atom stereocenters. The lowest BCUT2D eigenvalue weighted by atomic mass is 10.2. The second-order valence-corrected chi connectivity index (χ2v) is 6.29. The summed E-state index contributed by atoms with van der Waals surface area (Å²) in [4.78, 5) is 0. The Hall–Kier alpha value is -2.56. The molecular formula is C20H17ClN2OS. The lowest BCUT2D eigenvalue weighted by molar-refractivity contribution is 0.485. The van der Waals surface area contributed by atoms with Crippen molar-refractivity contribution in [2.24, 2.45) is 0 Å². The number of anilines is 2. The molecule has 126 valence electrons. The smallest absolute Gasteiger partial charge is 0.175 e. The third kappa shape index (κ3) is 4.72. The monoisotopic (exact) mass is 368 g/mol. The number of benzene rings is 3. The molecule has 0 radical (unpaired) electrons. The van der Waals surface area contributed by atoms with Crippen LogP contribution in [0.4, 0.5) is 11.4 Å². The molecule has 3 aromatic rings. The molecule has 0 aliphatic heterocycles. The van der Waals surface area contributed by atoms with E-state index in [4.69, 9.17) is 28.6 Å². The van der Waals surface area contributed by atoms with Crippen LogP contribution in [0.1, 0.15) is 5.56 Å². The normalized spacial score (nSPS) is 10.2. The molecule has 0 aliphatic carbocycles. The van der Waals surface area contributed by atoms with Crippen LogP contribution >= 0.6 is 23.8 Å². The molecule has 0 aliphatic rings. The summed E-state index contributed by atoms with van der Waals surface area (Å²) >= 11 is 11.6. The molecule has 0 saturated heterocycles. The van der Waals surface area contributed by atoms with Gasteiger partial charge in [-0.1, -0.05) is 48.0 Å². The van der Waals surface area contributed by atoms with E-state index in [2.05, 4.69) is 10.6 Å². The van der Waals surface area contributed by atoms with E-state index in [0.717, 1.165) is 17.0 Å². The summed E-state index contributed by atoms with van der Waals surface area (Å²) in [5.74, 6) is 1.38. The summed E-state index contributed by atoms with van der Waals surface area (Å²) in [6.07, 6.45) is 0. The van der Waals surface area contributed by atoms with Gasteiger partial charge in [-0.25, -0.2) is 0 Å². The van der Waals surface area contributed by atoms with Gasteiger partial charge in [0.2, 0.25) is 0 Å². The number of aryl methyl sites for hydroxylation is 1. The van der Waals surface area contributed by atoms with E-state index in [1.54, 1.807) is 12.1 Å². The number of ether oxygens (including phenoxy) is 1. The Balaban J connectivity index is 1.78. The molecule has 0 atom stereocenters. The van der Waals surface area contributed by atoms with Crippen molar-refractivity contribution in [2.45, 2.75) is 6.92 Å². The van der Waals surface area contributed by atoms with Gasteiger partial charge in [-0.2, -0.15) is 0 Å². The van der Waals surface area contributed by atoms with Gasteiger partial charge < -0.3 is 15.4 Å². The van der Waals surface area contributed by atoms with Crippen LogP contribution in [0.5, 0.6) is 11.5 Å². The first kappa shape index (κ1) is 17.3. The fraction of sp³-hybridized carbons (Fsp3) is 0.0500. The first-order chi connectivity index (χ1) is 12.1. The van der Waals surface area contributed by atoms with Crippen molar-refractivity contribution in [2.75, 3.05) is 10.6 Å². The minimum Gasteiger partial charge on any atom is -0.455 e. The van der Waals surface area contributed by atoms with Crippen LogP contribution in [0, 0.1) is 6.92 Å². The van der Waals surface area contributed by atoms with Gasteiger partial charge in [-0.3, -0.25) is 0 Å². The molecule has 0 saturated carbocycles. The molecule has 0 aromatic heterocycles. The number of thiocarbonyl (C=S) groups is 1. The second-order valence-electron chi connectivity index (χ2n) is 5.45. The van der Waals surface area contributed by atoms with Crippen LogP contribution in [-0.4, -0.2) is 5.11 Å². The summed E-state index contributed by atoms with van der Waals surface area (Å²) in [7, 11) is 0. The molecule has 0 fully saturated rings. The first-order valence-corrected chi connectivity index (χ1v) is 8.56. The standard InChI is InChI=1S/C20H17ClN2OS/c1-14-7-5-6-10-17(14)22-20(25)23-18-13-15(21)11-12-19(18)24-16-8-3-2-4-9-16/h2-13H,1H3,(H2,22,23,25). The van der Waals surface area contributed by atoms with Crippen LogP contribution in [-0.2, 0) is 0 Å². The summed E-state index contributed by atoms with van der Waals surface area (Å²) in [5.41, 5.74) is 2.76. The van der Waals surface area contributed by atoms with Crippen LogP contribution in [0.25, 0.3) is 0 Å². The van der Waals surface area contributed by atoms with E-state index < -0.39 is 0 Å². The Morgan fingerprint density at radius 1 is 0.880 bits per heavy atom. The average Bonchev–Trinajstić information content (AvgIpc) is 2.60. The van der Waals surface area contributed by atoms with Crippen molar-refractivity contribution in [3.63, 3.8) is 0 Å². The molecule has 2 N–H and O–H groups in total. The minimum atomic E-state index is 0.467. The van der Waals surface area contributed by atoms with Crippen molar-refractivity contribution in [1.82, 2.24) is 0 Å². The van der Waals surface area contributed by atoms with Gasteiger partial charge in [0.1, 0.15) is 5.75 Å². The Labute approximate surface area is 157 Å². The number of rotatable bonds is 4. The molecule has 25 heavy (non-hydrogen) atoms. The first-order valence-electron chi connectivity index (χ1n) is 7.78. The van der Waals surface area contributed by atoms with Crippen molar-refractivity contribution in [3.05, 3.63) is 83.4 Å². The molecule has 5 heteroatoms. The molecule has 0 heterocycles. The Morgan fingerprint density at radius 2 is 1.56 bits per heavy atom. The Morgan fingerprint density at radius 3 is 2.32 bits per heavy atom. The highest BCUT2D eigenvalue weighted by Crippen LogP contribution is 2.32. The lowest BCUT2D eigenvalue weighted by Gasteiger charge is -2.16. The van der Waals surface area contributed by atoms with Gasteiger partial charge in [-0.15, -0.1) is 0 Å². The lowest BCUT2D eigenvalue weighted by Crippen LogP contribution is -2.20. The molecule has 3 nitrogen and oxygen atoms in total. The average molecular weight is 369 g/mol. The summed E-state index contributed by atoms with van der Waals surface area (Å²) < 4.78 is 5.93. The molecular weight excluding hydrogens is 352 g/mol. The maximum atomic E-state index is 6.13. The molecule has 3 aromatic carbocycles. The molecule has 3 rings (SSSR count). The van der Waals surface area contributed by atoms with Crippen LogP contribution in [0.2, 0.25) is 5.02 Å². The Bertz CT molecular complexity index is 884. The highest BCUT2D eigenvalue weighted by molar-refractivity contribution is 7.80. The van der Waals surface area contributed by atoms with Gasteiger partial charge in [0.15, 0.2) is 10.9 Å². The van der Waals surface area contributed by atoms with Gasteiger partial charge in [0.05, 0.1) is 5.69 Å². The van der Waals surface area contributed by atoms with Crippen molar-refractivity contribution in [3.8, 4) is 11.5 Å². The predicted molar refractivity (Wildman–Crippen MR) is 109 cm³/mol. The third-order valence-corrected chi connectivity index (χ3v) is 3.99. The summed E-state index contributed by atoms with van der Waals surface area (Å²) in [6, 6.07) is 22.9. The Kier molecular flexibility index (Phi) is 5.53. The predicted octanol–water partition coefficient (Wildman–Crippen LogP) is 6.25. The van der Waals surface area contributed by atoms with Gasteiger partial charge in [-0.05, 0) is 61.1 Å². The molecule has 0 spiro atoms. The number of para-hydroxylation sites is 2. The third-order valence-electron chi connectivity index (χ3n) is 3.55. The van der Waals surface area contributed by atoms with E-state index in [0.29, 0.717) is 21.6 Å². The maximum Gasteiger partial charge on any atom is 0.175 e. The van der Waals surface area contributed by atoms with E-state index in [1.807, 2.05) is 67.6 Å². The van der Waals surface area contributed by atoms with Crippen molar-refractivity contribution >= 4 is 40.3 Å². The van der Waals surface area contributed by atoms with Gasteiger partial charge in [0.25, 0.3) is 0 Å². The highest BCUT2D eigenvalue weighted by atomic mass is 35.5. The minimum absolute atomic E-state index is 0.467. The SMILES string of the molecule is Cc1ccccc1NC(=S)Nc1cc(Cl)ccc1Oc1ccccc1. The zero-order valence-corrected chi connectivity index (χ0v) is 15.2. The van der Waals surface area contributed by atoms with Crippen LogP contribution in [0.3, 0.4) is 0 Å². The van der Waals surface area contributed by atoms with E-state index >= 15 is 0 Å². The van der Waals surface area contributed by atoms with Crippen molar-refractivity contribution in [1.29, 1.82) is 0 Å². The van der Waals surface area contributed by atoms with Gasteiger partial charge in [0, 0.05) is 10.7 Å². The van der Waals surface area contributed by atoms with Gasteiger partial charge >= 0.3 is 0 Å². The highest BCUT2D eigenvalue weighted by Gasteiger charge is 2.09. The van der Waals surface area contributed by atoms with Crippen LogP contribution < -0.4 is 15.4 Å². The number of nitrogens with one attached hydrogen (secondary N) is 2. The number of hydrogen-bond acceptors (Lipinski definition) is 2. The fourth-order valence-corrected chi connectivity index (χ4v) is 2.69. The second kappa shape index (κ2) is 8.01. The maximum absolute atomic E-state index is 6.13. The number of halogens is 1. The fourth-order valence-electron chi connectivity index (χ4n) is 2.29. The van der Waals surface area contributed by atoms with Crippen molar-refractivity contribution < 1.29 is 4.74 Å². The topological polar surface area (TPSA) is 33.3 Å². The summed E-state index contributed by atoms with van der Waals surface area (Å²) in [6.45, 7) is 2.02. The zero-order chi connectivity index (χ0) is 17.6. The van der Waals surface area contributed by atoms with E-state index in [1.165, 1.54) is 0 Å². The van der Waals surface area contributed by atoms with Crippen LogP contribution in [0.15, 0.2) is 72.8 Å². The number of hydrogen-bond donors (Lipinski definition) is 2. The molecule has 0 amide bonds. The van der Waals surface area contributed by atoms with E-state index in [9.17, 15) is 0 Å². The molecule has 0 bridgehead atoms. The summed E-state index contributed by atoms with van der Waals surface area (Å²) in [5, 5.41) is 7.41. The largest absolute Gasteiger partial charge is 0.455 e. The van der Waals surface area contributed by atoms with E-state index in [-0.39, 0.29) is 0 Å².